The van der Waals surface area contributed by atoms with Crippen molar-refractivity contribution in [1.29, 1.82) is 0 Å². The number of rotatable bonds is 6. The second-order valence-electron chi connectivity index (χ2n) is 3.80. The van der Waals surface area contributed by atoms with Gasteiger partial charge in [0.15, 0.2) is 11.6 Å². The average Bonchev–Trinajstić information content (AvgIpc) is 2.35. The van der Waals surface area contributed by atoms with Gasteiger partial charge < -0.3 is 4.74 Å². The summed E-state index contributed by atoms with van der Waals surface area (Å²) in [6.45, 7) is 3.89. The molecule has 0 atom stereocenters. The van der Waals surface area contributed by atoms with Crippen molar-refractivity contribution in [2.24, 2.45) is 0 Å². The lowest BCUT2D eigenvalue weighted by Crippen LogP contribution is -2.31. The Kier molecular flexibility index (Phi) is 5.10. The van der Waals surface area contributed by atoms with E-state index in [1.807, 2.05) is 0 Å². The van der Waals surface area contributed by atoms with Crippen molar-refractivity contribution >= 4 is 10.0 Å². The van der Waals surface area contributed by atoms with Gasteiger partial charge in [0.05, 0.1) is 12.9 Å². The van der Waals surface area contributed by atoms with E-state index in [1.54, 1.807) is 19.9 Å². The minimum absolute atomic E-state index is 0.0411. The quantitative estimate of drug-likeness (QED) is 0.798. The molecular formula is C12H18FNO3S. The van der Waals surface area contributed by atoms with Gasteiger partial charge in [-0.05, 0) is 24.6 Å². The topological polar surface area (TPSA) is 46.6 Å². The number of nitrogens with zero attached hydrogens (tertiary/aromatic N) is 1. The van der Waals surface area contributed by atoms with Gasteiger partial charge in [-0.1, -0.05) is 13.0 Å². The highest BCUT2D eigenvalue weighted by Crippen LogP contribution is 2.19. The smallest absolute Gasteiger partial charge is 0.214 e. The molecule has 0 aliphatic heterocycles. The fourth-order valence-electron chi connectivity index (χ4n) is 1.60. The molecule has 6 heteroatoms. The Labute approximate surface area is 107 Å². The molecule has 0 heterocycles. The van der Waals surface area contributed by atoms with Crippen LogP contribution in [0.1, 0.15) is 19.4 Å². The lowest BCUT2D eigenvalue weighted by atomic mass is 10.2. The third-order valence-corrected chi connectivity index (χ3v) is 4.59. The van der Waals surface area contributed by atoms with E-state index >= 15 is 0 Å². The fourth-order valence-corrected chi connectivity index (χ4v) is 2.71. The summed E-state index contributed by atoms with van der Waals surface area (Å²) in [6.07, 6.45) is 0. The van der Waals surface area contributed by atoms with Crippen LogP contribution in [-0.4, -0.2) is 32.1 Å². The van der Waals surface area contributed by atoms with E-state index in [9.17, 15) is 12.8 Å². The molecular weight excluding hydrogens is 257 g/mol. The Hall–Kier alpha value is -1.14. The molecule has 0 aromatic heterocycles. The average molecular weight is 275 g/mol. The van der Waals surface area contributed by atoms with Gasteiger partial charge in [-0.25, -0.2) is 12.8 Å². The highest BCUT2D eigenvalue weighted by molar-refractivity contribution is 7.89. The van der Waals surface area contributed by atoms with Gasteiger partial charge in [0.25, 0.3) is 0 Å². The highest BCUT2D eigenvalue weighted by Gasteiger charge is 2.18. The van der Waals surface area contributed by atoms with Crippen LogP contribution >= 0.6 is 0 Å². The molecule has 4 nitrogen and oxygen atoms in total. The van der Waals surface area contributed by atoms with Crippen molar-refractivity contribution in [3.8, 4) is 5.75 Å². The zero-order valence-electron chi connectivity index (χ0n) is 10.8. The minimum Gasteiger partial charge on any atom is -0.494 e. The number of sulfonamides is 1. The Morgan fingerprint density at radius 1 is 1.33 bits per heavy atom. The molecule has 1 aromatic carbocycles. The number of benzene rings is 1. The molecule has 0 N–H and O–H groups in total. The van der Waals surface area contributed by atoms with E-state index in [0.29, 0.717) is 12.1 Å². The van der Waals surface area contributed by atoms with Gasteiger partial charge in [0.1, 0.15) is 0 Å². The Balaban J connectivity index is 2.93. The van der Waals surface area contributed by atoms with Crippen LogP contribution in [0, 0.1) is 5.82 Å². The molecule has 0 fully saturated rings. The second kappa shape index (κ2) is 6.15. The summed E-state index contributed by atoms with van der Waals surface area (Å²) in [4.78, 5) is 0. The summed E-state index contributed by atoms with van der Waals surface area (Å²) in [5, 5.41) is 0. The van der Waals surface area contributed by atoms with Crippen LogP contribution in [0.15, 0.2) is 18.2 Å². The van der Waals surface area contributed by atoms with E-state index in [0.717, 1.165) is 0 Å². The third-order valence-electron chi connectivity index (χ3n) is 2.69. The molecule has 102 valence electrons. The van der Waals surface area contributed by atoms with Crippen LogP contribution in [0.25, 0.3) is 0 Å². The van der Waals surface area contributed by atoms with E-state index < -0.39 is 15.8 Å². The van der Waals surface area contributed by atoms with Crippen LogP contribution in [-0.2, 0) is 16.6 Å². The van der Waals surface area contributed by atoms with Gasteiger partial charge in [-0.15, -0.1) is 0 Å². The van der Waals surface area contributed by atoms with Crippen LogP contribution in [0.5, 0.6) is 5.75 Å². The molecule has 0 unspecified atom stereocenters. The van der Waals surface area contributed by atoms with Gasteiger partial charge in [0, 0.05) is 13.1 Å². The molecule has 0 saturated heterocycles. The van der Waals surface area contributed by atoms with Gasteiger partial charge in [0.2, 0.25) is 10.0 Å². The molecule has 1 aromatic rings. The number of halogens is 1. The van der Waals surface area contributed by atoms with E-state index in [1.165, 1.54) is 23.5 Å². The lowest BCUT2D eigenvalue weighted by molar-refractivity contribution is 0.384. The summed E-state index contributed by atoms with van der Waals surface area (Å²) in [7, 11) is -1.87. The number of hydrogen-bond donors (Lipinski definition) is 0. The fraction of sp³-hybridized carbons (Fsp3) is 0.500. The summed E-state index contributed by atoms with van der Waals surface area (Å²) >= 11 is 0. The first kappa shape index (κ1) is 14.9. The molecule has 1 rings (SSSR count). The van der Waals surface area contributed by atoms with Gasteiger partial charge in [-0.3, -0.25) is 0 Å². The van der Waals surface area contributed by atoms with Crippen LogP contribution in [0.4, 0.5) is 4.39 Å². The summed E-state index contributed by atoms with van der Waals surface area (Å²) in [5.74, 6) is -0.292. The summed E-state index contributed by atoms with van der Waals surface area (Å²) < 4.78 is 43.1. The largest absolute Gasteiger partial charge is 0.494 e. The Morgan fingerprint density at radius 3 is 2.44 bits per heavy atom. The van der Waals surface area contributed by atoms with E-state index in [4.69, 9.17) is 4.74 Å². The van der Waals surface area contributed by atoms with Crippen molar-refractivity contribution in [3.05, 3.63) is 29.6 Å². The first-order chi connectivity index (χ1) is 8.44. The van der Waals surface area contributed by atoms with Gasteiger partial charge in [-0.2, -0.15) is 4.31 Å². The van der Waals surface area contributed by atoms with Crippen LogP contribution in [0.2, 0.25) is 0 Å². The molecule has 0 radical (unpaired) electrons. The van der Waals surface area contributed by atoms with Gasteiger partial charge >= 0.3 is 0 Å². The zero-order valence-corrected chi connectivity index (χ0v) is 11.6. The SMILES string of the molecule is CCN(Cc1ccc(OC)c(F)c1)S(=O)(=O)CC. The summed E-state index contributed by atoms with van der Waals surface area (Å²) in [5.41, 5.74) is 0.604. The number of ether oxygens (including phenoxy) is 1. The molecule has 0 saturated carbocycles. The summed E-state index contributed by atoms with van der Waals surface area (Å²) in [6, 6.07) is 4.46. The lowest BCUT2D eigenvalue weighted by Gasteiger charge is -2.19. The second-order valence-corrected chi connectivity index (χ2v) is 6.05. The van der Waals surface area contributed by atoms with E-state index in [2.05, 4.69) is 0 Å². The number of hydrogen-bond acceptors (Lipinski definition) is 3. The van der Waals surface area contributed by atoms with Crippen molar-refractivity contribution < 1.29 is 17.5 Å². The molecule has 0 amide bonds. The molecule has 0 bridgehead atoms. The predicted molar refractivity (Wildman–Crippen MR) is 68.5 cm³/mol. The van der Waals surface area contributed by atoms with Crippen LogP contribution < -0.4 is 4.74 Å². The van der Waals surface area contributed by atoms with Crippen molar-refractivity contribution in [2.45, 2.75) is 20.4 Å². The maximum absolute atomic E-state index is 13.5. The molecule has 0 aliphatic carbocycles. The highest BCUT2D eigenvalue weighted by atomic mass is 32.2. The minimum atomic E-state index is -3.26. The maximum Gasteiger partial charge on any atom is 0.214 e. The Bertz CT molecular complexity index is 502. The predicted octanol–water partition coefficient (Wildman–Crippen LogP) is 2.01. The van der Waals surface area contributed by atoms with E-state index in [-0.39, 0.29) is 18.0 Å². The normalized spacial score (nSPS) is 11.8. The molecule has 0 spiro atoms. The van der Waals surface area contributed by atoms with Crippen molar-refractivity contribution in [3.63, 3.8) is 0 Å². The first-order valence-electron chi connectivity index (χ1n) is 5.74. The number of methoxy groups -OCH3 is 1. The standard InChI is InChI=1S/C12H18FNO3S/c1-4-14(18(15,16)5-2)9-10-6-7-12(17-3)11(13)8-10/h6-8H,4-5,9H2,1-3H3. The first-order valence-corrected chi connectivity index (χ1v) is 7.35. The Morgan fingerprint density at radius 2 is 2.00 bits per heavy atom. The van der Waals surface area contributed by atoms with Crippen molar-refractivity contribution in [2.75, 3.05) is 19.4 Å². The van der Waals surface area contributed by atoms with Crippen LogP contribution in [0.3, 0.4) is 0 Å². The van der Waals surface area contributed by atoms with Crippen molar-refractivity contribution in [1.82, 2.24) is 4.31 Å². The monoisotopic (exact) mass is 275 g/mol. The third kappa shape index (κ3) is 3.43. The zero-order chi connectivity index (χ0) is 13.8. The maximum atomic E-state index is 13.5. The molecule has 18 heavy (non-hydrogen) atoms. The molecule has 0 aliphatic rings.